The van der Waals surface area contributed by atoms with Crippen molar-refractivity contribution >= 4 is 17.4 Å². The van der Waals surface area contributed by atoms with Gasteiger partial charge in [-0.3, -0.25) is 0 Å². The second-order valence-corrected chi connectivity index (χ2v) is 3.93. The Morgan fingerprint density at radius 3 is 2.73 bits per heavy atom. The summed E-state index contributed by atoms with van der Waals surface area (Å²) in [6, 6.07) is 5.89. The van der Waals surface area contributed by atoms with Crippen molar-refractivity contribution in [2.24, 2.45) is 0 Å². The van der Waals surface area contributed by atoms with Crippen molar-refractivity contribution < 1.29 is 4.74 Å². The van der Waals surface area contributed by atoms with Gasteiger partial charge in [-0.25, -0.2) is 0 Å². The maximum Gasteiger partial charge on any atom is 0.166 e. The second-order valence-electron chi connectivity index (χ2n) is 3.17. The summed E-state index contributed by atoms with van der Waals surface area (Å²) >= 11 is 1.30. The lowest BCUT2D eigenvalue weighted by Crippen LogP contribution is -1.90. The van der Waals surface area contributed by atoms with Crippen molar-refractivity contribution in [3.63, 3.8) is 0 Å². The van der Waals surface area contributed by atoms with E-state index in [1.165, 1.54) is 11.5 Å². The van der Waals surface area contributed by atoms with Crippen LogP contribution < -0.4 is 10.5 Å². The summed E-state index contributed by atoms with van der Waals surface area (Å²) in [5.41, 5.74) is 7.80. The third-order valence-corrected chi connectivity index (χ3v) is 2.96. The molecule has 2 N–H and O–H groups in total. The average Bonchev–Trinajstić information content (AvgIpc) is 2.64. The molecule has 0 saturated heterocycles. The van der Waals surface area contributed by atoms with Crippen molar-refractivity contribution in [1.29, 1.82) is 0 Å². The molecule has 0 spiro atoms. The van der Waals surface area contributed by atoms with Crippen LogP contribution in [0.4, 0.5) is 5.82 Å². The van der Waals surface area contributed by atoms with E-state index in [1.807, 2.05) is 25.1 Å². The van der Waals surface area contributed by atoms with Crippen LogP contribution in [0.5, 0.6) is 5.75 Å². The topological polar surface area (TPSA) is 61.0 Å². The van der Waals surface area contributed by atoms with E-state index in [-0.39, 0.29) is 0 Å². The molecule has 0 saturated carbocycles. The first kappa shape index (κ1) is 9.92. The van der Waals surface area contributed by atoms with Crippen molar-refractivity contribution in [1.82, 2.24) is 9.59 Å². The first-order valence-electron chi connectivity index (χ1n) is 4.45. The molecule has 5 heteroatoms. The lowest BCUT2D eigenvalue weighted by molar-refractivity contribution is 0.412. The molecule has 0 aliphatic carbocycles. The van der Waals surface area contributed by atoms with Crippen LogP contribution in [0.15, 0.2) is 18.2 Å². The van der Waals surface area contributed by atoms with Gasteiger partial charge in [0.2, 0.25) is 0 Å². The molecule has 2 rings (SSSR count). The third-order valence-electron chi connectivity index (χ3n) is 2.17. The zero-order valence-corrected chi connectivity index (χ0v) is 9.34. The Labute approximate surface area is 91.9 Å². The Bertz CT molecular complexity index is 481. The number of benzene rings is 1. The molecule has 1 aromatic carbocycles. The molecule has 0 amide bonds. The van der Waals surface area contributed by atoms with E-state index in [4.69, 9.17) is 10.5 Å². The number of hydrogen-bond acceptors (Lipinski definition) is 5. The number of aryl methyl sites for hydroxylation is 1. The van der Waals surface area contributed by atoms with Crippen LogP contribution in [0, 0.1) is 6.92 Å². The summed E-state index contributed by atoms with van der Waals surface area (Å²) in [4.78, 5) is 0.903. The minimum Gasteiger partial charge on any atom is -0.496 e. The van der Waals surface area contributed by atoms with E-state index < -0.39 is 0 Å². The quantitative estimate of drug-likeness (QED) is 0.843. The number of nitrogens with two attached hydrogens (primary N) is 1. The van der Waals surface area contributed by atoms with Crippen molar-refractivity contribution in [3.8, 4) is 16.2 Å². The van der Waals surface area contributed by atoms with Crippen LogP contribution in [-0.4, -0.2) is 16.7 Å². The first-order valence-corrected chi connectivity index (χ1v) is 5.22. The van der Waals surface area contributed by atoms with E-state index in [2.05, 4.69) is 9.59 Å². The predicted molar refractivity (Wildman–Crippen MR) is 61.0 cm³/mol. The zero-order valence-electron chi connectivity index (χ0n) is 8.52. The highest BCUT2D eigenvalue weighted by Crippen LogP contribution is 2.31. The number of rotatable bonds is 2. The third kappa shape index (κ3) is 1.78. The normalized spacial score (nSPS) is 10.3. The van der Waals surface area contributed by atoms with Crippen molar-refractivity contribution in [3.05, 3.63) is 23.8 Å². The number of ether oxygens (including phenoxy) is 1. The summed E-state index contributed by atoms with van der Waals surface area (Å²) in [5.74, 6) is 1.35. The summed E-state index contributed by atoms with van der Waals surface area (Å²) in [5, 5.41) is 3.78. The van der Waals surface area contributed by atoms with E-state index in [0.717, 1.165) is 21.8 Å². The van der Waals surface area contributed by atoms with E-state index in [0.29, 0.717) is 5.82 Å². The van der Waals surface area contributed by atoms with Crippen LogP contribution in [0.3, 0.4) is 0 Å². The maximum absolute atomic E-state index is 5.70. The summed E-state index contributed by atoms with van der Waals surface area (Å²) in [7, 11) is 1.66. The monoisotopic (exact) mass is 221 g/mol. The Morgan fingerprint density at radius 2 is 2.20 bits per heavy atom. The highest BCUT2D eigenvalue weighted by Gasteiger charge is 2.08. The highest BCUT2D eigenvalue weighted by atomic mass is 32.1. The molecule has 0 unspecified atom stereocenters. The van der Waals surface area contributed by atoms with Crippen LogP contribution in [0.2, 0.25) is 0 Å². The van der Waals surface area contributed by atoms with E-state index >= 15 is 0 Å². The molecule has 1 aromatic heterocycles. The molecule has 0 aliphatic heterocycles. The summed E-state index contributed by atoms with van der Waals surface area (Å²) < 4.78 is 8.99. The van der Waals surface area contributed by atoms with Gasteiger partial charge in [0.25, 0.3) is 0 Å². The molecular formula is C10H11N3OS. The smallest absolute Gasteiger partial charge is 0.166 e. The Hall–Kier alpha value is -1.62. The van der Waals surface area contributed by atoms with Gasteiger partial charge in [-0.1, -0.05) is 4.49 Å². The molecule has 0 atom stereocenters. The maximum atomic E-state index is 5.70. The first-order chi connectivity index (χ1) is 7.22. The van der Waals surface area contributed by atoms with Crippen LogP contribution >= 0.6 is 11.5 Å². The molecular weight excluding hydrogens is 210 g/mol. The van der Waals surface area contributed by atoms with Gasteiger partial charge in [0, 0.05) is 0 Å². The largest absolute Gasteiger partial charge is 0.496 e. The lowest BCUT2D eigenvalue weighted by atomic mass is 10.1. The Morgan fingerprint density at radius 1 is 1.40 bits per heavy atom. The van der Waals surface area contributed by atoms with Gasteiger partial charge in [-0.15, -0.1) is 5.10 Å². The molecule has 78 valence electrons. The van der Waals surface area contributed by atoms with Gasteiger partial charge in [0.15, 0.2) is 5.82 Å². The predicted octanol–water partition coefficient (Wildman–Crippen LogP) is 2.10. The van der Waals surface area contributed by atoms with Crippen molar-refractivity contribution in [2.75, 3.05) is 12.8 Å². The van der Waals surface area contributed by atoms with E-state index in [9.17, 15) is 0 Å². The number of anilines is 1. The number of methoxy groups -OCH3 is 1. The number of aromatic nitrogens is 2. The van der Waals surface area contributed by atoms with Gasteiger partial charge >= 0.3 is 0 Å². The molecule has 0 aliphatic rings. The standard InChI is InChI=1S/C10H11N3OS/c1-6-5-7(3-4-8(6)14-2)9-10(11)12-13-15-9/h3-5H,11H2,1-2H3. The van der Waals surface area contributed by atoms with Gasteiger partial charge in [-0.2, -0.15) is 0 Å². The second kappa shape index (κ2) is 3.86. The number of hydrogen-bond donors (Lipinski definition) is 1. The van der Waals surface area contributed by atoms with Crippen LogP contribution in [0.25, 0.3) is 10.4 Å². The highest BCUT2D eigenvalue weighted by molar-refractivity contribution is 7.10. The number of nitrogen functional groups attached to an aromatic ring is 1. The molecule has 4 nitrogen and oxygen atoms in total. The number of nitrogens with zero attached hydrogens (tertiary/aromatic N) is 2. The summed E-state index contributed by atoms with van der Waals surface area (Å²) in [6.07, 6.45) is 0. The summed E-state index contributed by atoms with van der Waals surface area (Å²) in [6.45, 7) is 1.99. The Kier molecular flexibility index (Phi) is 2.55. The fourth-order valence-corrected chi connectivity index (χ4v) is 1.99. The van der Waals surface area contributed by atoms with Crippen molar-refractivity contribution in [2.45, 2.75) is 6.92 Å². The van der Waals surface area contributed by atoms with Crippen LogP contribution in [0.1, 0.15) is 5.56 Å². The van der Waals surface area contributed by atoms with Gasteiger partial charge in [0.05, 0.1) is 12.0 Å². The fraction of sp³-hybridized carbons (Fsp3) is 0.200. The zero-order chi connectivity index (χ0) is 10.8. The lowest BCUT2D eigenvalue weighted by Gasteiger charge is -2.05. The van der Waals surface area contributed by atoms with Gasteiger partial charge in [0.1, 0.15) is 5.75 Å². The SMILES string of the molecule is COc1ccc(-c2snnc2N)cc1C. The Balaban J connectivity index is 2.47. The molecule has 1 heterocycles. The van der Waals surface area contributed by atoms with E-state index in [1.54, 1.807) is 7.11 Å². The average molecular weight is 221 g/mol. The molecule has 0 radical (unpaired) electrons. The molecule has 0 bridgehead atoms. The molecule has 2 aromatic rings. The van der Waals surface area contributed by atoms with Gasteiger partial charge in [-0.05, 0) is 47.8 Å². The molecule has 0 fully saturated rings. The minimum atomic E-state index is 0.476. The van der Waals surface area contributed by atoms with Crippen LogP contribution in [-0.2, 0) is 0 Å². The fourth-order valence-electron chi connectivity index (χ4n) is 1.42. The molecule has 15 heavy (non-hydrogen) atoms. The van der Waals surface area contributed by atoms with Gasteiger partial charge < -0.3 is 10.5 Å². The minimum absolute atomic E-state index is 0.476.